The van der Waals surface area contributed by atoms with E-state index in [0.29, 0.717) is 0 Å². The van der Waals surface area contributed by atoms with E-state index in [2.05, 4.69) is 18.4 Å². The molecule has 0 spiro atoms. The van der Waals surface area contributed by atoms with Crippen LogP contribution in [0.2, 0.25) is 13.1 Å². The molecule has 0 aliphatic carbocycles. The normalized spacial score (nSPS) is 10.2. The van der Waals surface area contributed by atoms with Crippen molar-refractivity contribution in [1.82, 2.24) is 0 Å². The van der Waals surface area contributed by atoms with Gasteiger partial charge >= 0.3 is 0 Å². The van der Waals surface area contributed by atoms with Crippen LogP contribution in [0.25, 0.3) is 0 Å². The van der Waals surface area contributed by atoms with Gasteiger partial charge < -0.3 is 4.80 Å². The fraction of sp³-hybridized carbons (Fsp3) is 0.167. The van der Waals surface area contributed by atoms with Crippen molar-refractivity contribution in [3.05, 3.63) is 42.5 Å². The molecule has 0 saturated carbocycles. The molecule has 14 heavy (non-hydrogen) atoms. The lowest BCUT2D eigenvalue weighted by molar-refractivity contribution is 0.568. The molecule has 0 radical (unpaired) electrons. The van der Waals surface area contributed by atoms with E-state index in [1.54, 1.807) is 6.08 Å². The van der Waals surface area contributed by atoms with E-state index < -0.39 is 8.32 Å². The smallest absolute Gasteiger partial charge is 0.215 e. The van der Waals surface area contributed by atoms with E-state index in [9.17, 15) is 4.80 Å². The van der Waals surface area contributed by atoms with E-state index in [-0.39, 0.29) is 0 Å². The average molecular weight is 202 g/mol. The summed E-state index contributed by atoms with van der Waals surface area (Å²) < 4.78 is 0. The van der Waals surface area contributed by atoms with Crippen LogP contribution in [0.5, 0.6) is 0 Å². The van der Waals surface area contributed by atoms with Crippen molar-refractivity contribution in [2.45, 2.75) is 13.1 Å². The molecule has 0 heterocycles. The standard InChI is InChI=1S/C12H14OSi/c1-4-5-8-11-9-6-7-10-12(11)14(2,3)13/h4,6-7,9-10,13H,1H2,2-3H3. The van der Waals surface area contributed by atoms with Crippen molar-refractivity contribution in [2.75, 3.05) is 0 Å². The zero-order valence-electron chi connectivity index (χ0n) is 8.54. The molecule has 0 amide bonds. The maximum absolute atomic E-state index is 10.0. The van der Waals surface area contributed by atoms with E-state index >= 15 is 0 Å². The van der Waals surface area contributed by atoms with E-state index in [4.69, 9.17) is 0 Å². The molecule has 0 aliphatic rings. The molecule has 0 atom stereocenters. The second-order valence-electron chi connectivity index (χ2n) is 3.58. The van der Waals surface area contributed by atoms with Gasteiger partial charge in [-0.1, -0.05) is 36.6 Å². The molecular formula is C12H14OSi. The summed E-state index contributed by atoms with van der Waals surface area (Å²) in [6, 6.07) is 7.73. The quantitative estimate of drug-likeness (QED) is 0.542. The lowest BCUT2D eigenvalue weighted by Crippen LogP contribution is -2.43. The van der Waals surface area contributed by atoms with Gasteiger partial charge in [0.1, 0.15) is 0 Å². The van der Waals surface area contributed by atoms with Crippen molar-refractivity contribution in [1.29, 1.82) is 0 Å². The van der Waals surface area contributed by atoms with Gasteiger partial charge in [-0.2, -0.15) is 0 Å². The van der Waals surface area contributed by atoms with Gasteiger partial charge in [0, 0.05) is 5.56 Å². The van der Waals surface area contributed by atoms with Crippen LogP contribution in [-0.2, 0) is 0 Å². The fourth-order valence-electron chi connectivity index (χ4n) is 1.25. The molecule has 1 rings (SSSR count). The summed E-state index contributed by atoms with van der Waals surface area (Å²) in [6.07, 6.45) is 1.56. The largest absolute Gasteiger partial charge is 0.428 e. The summed E-state index contributed by atoms with van der Waals surface area (Å²) in [7, 11) is -2.26. The zero-order valence-corrected chi connectivity index (χ0v) is 9.54. The van der Waals surface area contributed by atoms with E-state index in [0.717, 1.165) is 10.8 Å². The van der Waals surface area contributed by atoms with Crippen molar-refractivity contribution < 1.29 is 4.80 Å². The lowest BCUT2D eigenvalue weighted by Gasteiger charge is -2.16. The Kier molecular flexibility index (Phi) is 3.29. The third-order valence-electron chi connectivity index (χ3n) is 1.90. The number of rotatable bonds is 1. The maximum Gasteiger partial charge on any atom is 0.215 e. The van der Waals surface area contributed by atoms with Gasteiger partial charge in [0.2, 0.25) is 8.32 Å². The molecule has 72 valence electrons. The van der Waals surface area contributed by atoms with E-state index in [1.165, 1.54) is 0 Å². The molecule has 0 bridgehead atoms. The molecule has 2 heteroatoms. The molecule has 1 aromatic carbocycles. The van der Waals surface area contributed by atoms with Crippen molar-refractivity contribution in [3.63, 3.8) is 0 Å². The Morgan fingerprint density at radius 3 is 2.57 bits per heavy atom. The highest BCUT2D eigenvalue weighted by atomic mass is 28.4. The van der Waals surface area contributed by atoms with Gasteiger partial charge in [-0.15, -0.1) is 0 Å². The topological polar surface area (TPSA) is 20.2 Å². The number of hydrogen-bond donors (Lipinski definition) is 1. The minimum absolute atomic E-state index is 0.909. The van der Waals surface area contributed by atoms with Crippen LogP contribution in [0, 0.1) is 11.8 Å². The van der Waals surface area contributed by atoms with Crippen LogP contribution in [0.15, 0.2) is 36.9 Å². The summed E-state index contributed by atoms with van der Waals surface area (Å²) in [5.41, 5.74) is 0.909. The number of allylic oxidation sites excluding steroid dienone is 1. The molecule has 0 aromatic heterocycles. The molecule has 1 N–H and O–H groups in total. The zero-order chi connectivity index (χ0) is 10.6. The van der Waals surface area contributed by atoms with Gasteiger partial charge in [0.05, 0.1) is 0 Å². The van der Waals surface area contributed by atoms with Crippen molar-refractivity contribution in [2.24, 2.45) is 0 Å². The monoisotopic (exact) mass is 202 g/mol. The molecule has 0 saturated heterocycles. The van der Waals surface area contributed by atoms with Crippen LogP contribution >= 0.6 is 0 Å². The second kappa shape index (κ2) is 4.27. The molecule has 0 fully saturated rings. The summed E-state index contributed by atoms with van der Waals surface area (Å²) in [6.45, 7) is 7.32. The molecule has 1 nitrogen and oxygen atoms in total. The molecular weight excluding hydrogens is 188 g/mol. The molecule has 0 aliphatic heterocycles. The molecule has 0 unspecified atom stereocenters. The summed E-state index contributed by atoms with van der Waals surface area (Å²) >= 11 is 0. The first kappa shape index (κ1) is 10.8. The van der Waals surface area contributed by atoms with Gasteiger partial charge in [0.25, 0.3) is 0 Å². The number of benzene rings is 1. The first-order chi connectivity index (χ1) is 6.55. The highest BCUT2D eigenvalue weighted by Crippen LogP contribution is 2.03. The average Bonchev–Trinajstić information content (AvgIpc) is 2.14. The Balaban J connectivity index is 3.23. The predicted molar refractivity (Wildman–Crippen MR) is 62.9 cm³/mol. The highest BCUT2D eigenvalue weighted by molar-refractivity contribution is 6.83. The Hall–Kier alpha value is -1.30. The Morgan fingerprint density at radius 2 is 2.00 bits per heavy atom. The van der Waals surface area contributed by atoms with Crippen LogP contribution in [-0.4, -0.2) is 13.1 Å². The third-order valence-corrected chi connectivity index (χ3v) is 3.65. The van der Waals surface area contributed by atoms with Crippen LogP contribution < -0.4 is 5.19 Å². The Morgan fingerprint density at radius 1 is 1.36 bits per heavy atom. The van der Waals surface area contributed by atoms with Crippen LogP contribution in [0.4, 0.5) is 0 Å². The summed E-state index contributed by atoms with van der Waals surface area (Å²) in [5, 5.41) is 0.981. The fourth-order valence-corrected chi connectivity index (χ4v) is 2.56. The minimum Gasteiger partial charge on any atom is -0.428 e. The first-order valence-electron chi connectivity index (χ1n) is 4.50. The summed E-state index contributed by atoms with van der Waals surface area (Å²) in [5.74, 6) is 5.78. The Labute approximate surface area is 86.2 Å². The van der Waals surface area contributed by atoms with Gasteiger partial charge in [-0.05, 0) is 30.4 Å². The van der Waals surface area contributed by atoms with Crippen LogP contribution in [0.3, 0.4) is 0 Å². The lowest BCUT2D eigenvalue weighted by atomic mass is 10.2. The van der Waals surface area contributed by atoms with Crippen LogP contribution in [0.1, 0.15) is 5.56 Å². The van der Waals surface area contributed by atoms with Crippen molar-refractivity contribution >= 4 is 13.5 Å². The SMILES string of the molecule is C=CC#Cc1ccccc1[Si](C)(C)O. The maximum atomic E-state index is 10.0. The third kappa shape index (κ3) is 2.59. The van der Waals surface area contributed by atoms with E-state index in [1.807, 2.05) is 37.4 Å². The minimum atomic E-state index is -2.26. The second-order valence-corrected chi connectivity index (χ2v) is 7.23. The van der Waals surface area contributed by atoms with Gasteiger partial charge in [0.15, 0.2) is 0 Å². The van der Waals surface area contributed by atoms with Crippen molar-refractivity contribution in [3.8, 4) is 11.8 Å². The van der Waals surface area contributed by atoms with Gasteiger partial charge in [-0.3, -0.25) is 0 Å². The Bertz CT molecular complexity index is 391. The number of hydrogen-bond acceptors (Lipinski definition) is 1. The summed E-state index contributed by atoms with van der Waals surface area (Å²) in [4.78, 5) is 10.0. The predicted octanol–water partition coefficient (Wildman–Crippen LogP) is 1.63. The first-order valence-corrected chi connectivity index (χ1v) is 7.45. The van der Waals surface area contributed by atoms with Gasteiger partial charge in [-0.25, -0.2) is 0 Å². The molecule has 1 aromatic rings. The highest BCUT2D eigenvalue weighted by Gasteiger charge is 2.22.